The van der Waals surface area contributed by atoms with Crippen LogP contribution in [0, 0.1) is 0 Å². The van der Waals surface area contributed by atoms with Gasteiger partial charge in [0.2, 0.25) is 0 Å². The van der Waals surface area contributed by atoms with E-state index in [1.807, 2.05) is 30.3 Å². The van der Waals surface area contributed by atoms with Crippen LogP contribution in [0.3, 0.4) is 0 Å². The molecule has 0 amide bonds. The smallest absolute Gasteiger partial charge is 0.343 e. The number of hydrogen-bond donors (Lipinski definition) is 2. The van der Waals surface area contributed by atoms with Crippen molar-refractivity contribution < 1.29 is 29.3 Å². The van der Waals surface area contributed by atoms with Gasteiger partial charge in [0, 0.05) is 5.56 Å². The van der Waals surface area contributed by atoms with Gasteiger partial charge in [-0.05, 0) is 72.3 Å². The fraction of sp³-hybridized carbons (Fsp3) is 0. The number of hydrogen-bond acceptors (Lipinski definition) is 6. The first-order valence-electron chi connectivity index (χ1n) is 9.71. The zero-order valence-corrected chi connectivity index (χ0v) is 16.8. The third-order valence-electron chi connectivity index (χ3n) is 4.65. The normalized spacial score (nSPS) is 10.4. The molecule has 0 saturated heterocycles. The van der Waals surface area contributed by atoms with E-state index in [2.05, 4.69) is 0 Å². The number of benzene rings is 4. The first-order valence-corrected chi connectivity index (χ1v) is 9.71. The summed E-state index contributed by atoms with van der Waals surface area (Å²) in [6.45, 7) is 0. The molecule has 0 aliphatic carbocycles. The van der Waals surface area contributed by atoms with E-state index in [1.54, 1.807) is 0 Å². The molecule has 4 aromatic rings. The second kappa shape index (κ2) is 9.06. The number of rotatable bonds is 5. The largest absolute Gasteiger partial charge is 0.508 e. The molecule has 4 aromatic carbocycles. The highest BCUT2D eigenvalue weighted by Gasteiger charge is 2.15. The van der Waals surface area contributed by atoms with E-state index in [-0.39, 0.29) is 28.4 Å². The highest BCUT2D eigenvalue weighted by Crippen LogP contribution is 2.33. The van der Waals surface area contributed by atoms with Gasteiger partial charge in [0.05, 0.1) is 11.1 Å². The van der Waals surface area contributed by atoms with E-state index >= 15 is 0 Å². The van der Waals surface area contributed by atoms with Crippen LogP contribution >= 0.6 is 0 Å². The van der Waals surface area contributed by atoms with Crippen LogP contribution in [-0.2, 0) is 0 Å². The lowest BCUT2D eigenvalue weighted by Gasteiger charge is -2.11. The average Bonchev–Trinajstić information content (AvgIpc) is 2.82. The van der Waals surface area contributed by atoms with Gasteiger partial charge >= 0.3 is 11.9 Å². The van der Waals surface area contributed by atoms with Crippen LogP contribution in [0.15, 0.2) is 97.1 Å². The van der Waals surface area contributed by atoms with Gasteiger partial charge in [-0.25, -0.2) is 9.59 Å². The lowest BCUT2D eigenvalue weighted by atomic mass is 10.0. The zero-order chi connectivity index (χ0) is 22.5. The van der Waals surface area contributed by atoms with E-state index in [9.17, 15) is 19.8 Å². The summed E-state index contributed by atoms with van der Waals surface area (Å²) in [5, 5.41) is 19.1. The number of phenols is 2. The molecule has 0 atom stereocenters. The number of carbonyl (C=O) groups excluding carboxylic acids is 2. The molecule has 0 aromatic heterocycles. The Balaban J connectivity index is 1.49. The predicted molar refractivity (Wildman–Crippen MR) is 118 cm³/mol. The molecule has 6 heteroatoms. The highest BCUT2D eigenvalue weighted by atomic mass is 16.5. The molecule has 0 aliphatic heterocycles. The third kappa shape index (κ3) is 4.76. The van der Waals surface area contributed by atoms with E-state index in [0.717, 1.165) is 5.56 Å². The molecule has 158 valence electrons. The van der Waals surface area contributed by atoms with Crippen molar-refractivity contribution in [1.82, 2.24) is 0 Å². The Kier molecular flexibility index (Phi) is 5.85. The van der Waals surface area contributed by atoms with Crippen molar-refractivity contribution in [3.05, 3.63) is 108 Å². The van der Waals surface area contributed by atoms with Crippen molar-refractivity contribution >= 4 is 11.9 Å². The zero-order valence-electron chi connectivity index (χ0n) is 16.8. The molecular formula is C26H18O6. The van der Waals surface area contributed by atoms with Gasteiger partial charge < -0.3 is 19.7 Å². The molecule has 0 fully saturated rings. The monoisotopic (exact) mass is 426 g/mol. The van der Waals surface area contributed by atoms with E-state index in [1.165, 1.54) is 66.7 Å². The molecule has 0 bridgehead atoms. The van der Waals surface area contributed by atoms with Gasteiger partial charge in [-0.15, -0.1) is 0 Å². The van der Waals surface area contributed by atoms with Gasteiger partial charge in [0.1, 0.15) is 23.0 Å². The highest BCUT2D eigenvalue weighted by molar-refractivity contribution is 5.95. The van der Waals surface area contributed by atoms with Crippen LogP contribution in [0.25, 0.3) is 11.1 Å². The molecule has 0 unspecified atom stereocenters. The minimum Gasteiger partial charge on any atom is -0.508 e. The average molecular weight is 426 g/mol. The third-order valence-corrected chi connectivity index (χ3v) is 4.65. The summed E-state index contributed by atoms with van der Waals surface area (Å²) < 4.78 is 10.8. The summed E-state index contributed by atoms with van der Waals surface area (Å²) in [5.74, 6) is -0.490. The second-order valence-corrected chi connectivity index (χ2v) is 6.90. The number of ether oxygens (including phenoxy) is 2. The van der Waals surface area contributed by atoms with Crippen molar-refractivity contribution in [2.75, 3.05) is 0 Å². The van der Waals surface area contributed by atoms with Crippen LogP contribution in [0.2, 0.25) is 0 Å². The Hall–Kier alpha value is -4.58. The summed E-state index contributed by atoms with van der Waals surface area (Å²) >= 11 is 0. The lowest BCUT2D eigenvalue weighted by molar-refractivity contribution is 0.0721. The maximum absolute atomic E-state index is 12.7. The van der Waals surface area contributed by atoms with Crippen LogP contribution in [0.1, 0.15) is 20.7 Å². The van der Waals surface area contributed by atoms with Crippen molar-refractivity contribution in [3.63, 3.8) is 0 Å². The Bertz CT molecular complexity index is 1250. The Morgan fingerprint density at radius 2 is 1.16 bits per heavy atom. The summed E-state index contributed by atoms with van der Waals surface area (Å²) in [4.78, 5) is 24.9. The molecule has 0 spiro atoms. The molecule has 0 saturated carbocycles. The van der Waals surface area contributed by atoms with Gasteiger partial charge in [-0.2, -0.15) is 0 Å². The minimum atomic E-state index is -0.605. The molecule has 0 heterocycles. The van der Waals surface area contributed by atoms with Gasteiger partial charge in [-0.3, -0.25) is 0 Å². The fourth-order valence-electron chi connectivity index (χ4n) is 3.03. The number of esters is 2. The van der Waals surface area contributed by atoms with Crippen LogP contribution in [-0.4, -0.2) is 22.2 Å². The predicted octanol–water partition coefficient (Wildman–Crippen LogP) is 5.20. The quantitative estimate of drug-likeness (QED) is 0.336. The minimum absolute atomic E-state index is 0.0557. The Morgan fingerprint density at radius 1 is 0.594 bits per heavy atom. The number of phenolic OH excluding ortho intramolecular Hbond substituents is 2. The van der Waals surface area contributed by atoms with E-state index < -0.39 is 11.9 Å². The molecule has 0 aliphatic rings. The lowest BCUT2D eigenvalue weighted by Crippen LogP contribution is -2.11. The Morgan fingerprint density at radius 3 is 1.78 bits per heavy atom. The first kappa shape index (κ1) is 20.7. The summed E-state index contributed by atoms with van der Waals surface area (Å²) in [5.41, 5.74) is 1.87. The summed E-state index contributed by atoms with van der Waals surface area (Å²) in [6, 6.07) is 25.4. The van der Waals surface area contributed by atoms with Crippen LogP contribution < -0.4 is 9.47 Å². The number of carbonyl (C=O) groups is 2. The maximum Gasteiger partial charge on any atom is 0.343 e. The maximum atomic E-state index is 12.7. The van der Waals surface area contributed by atoms with Crippen molar-refractivity contribution in [3.8, 4) is 34.1 Å². The van der Waals surface area contributed by atoms with Gasteiger partial charge in [-0.1, -0.05) is 30.3 Å². The van der Waals surface area contributed by atoms with E-state index in [0.29, 0.717) is 11.3 Å². The van der Waals surface area contributed by atoms with Crippen molar-refractivity contribution in [2.45, 2.75) is 0 Å². The first-order chi connectivity index (χ1) is 15.5. The van der Waals surface area contributed by atoms with Crippen molar-refractivity contribution in [2.24, 2.45) is 0 Å². The Labute approximate surface area is 183 Å². The molecule has 32 heavy (non-hydrogen) atoms. The molecular weight excluding hydrogens is 408 g/mol. The molecule has 0 radical (unpaired) electrons. The van der Waals surface area contributed by atoms with Crippen molar-refractivity contribution in [1.29, 1.82) is 0 Å². The second-order valence-electron chi connectivity index (χ2n) is 6.90. The SMILES string of the molecule is O=C(Oc1ccc(O)cc1)c1ccc(C(=O)Oc2ccc(O)cc2-c2ccccc2)cc1. The summed E-state index contributed by atoms with van der Waals surface area (Å²) in [6.07, 6.45) is 0. The molecule has 2 N–H and O–H groups in total. The molecule has 6 nitrogen and oxygen atoms in total. The van der Waals surface area contributed by atoms with Crippen LogP contribution in [0.5, 0.6) is 23.0 Å². The standard InChI is InChI=1S/C26H18O6/c27-20-10-13-22(14-11-20)31-25(29)18-6-8-19(9-7-18)26(30)32-24-15-12-21(28)16-23(24)17-4-2-1-3-5-17/h1-16,27-28H. The van der Waals surface area contributed by atoms with Gasteiger partial charge in [0.25, 0.3) is 0 Å². The van der Waals surface area contributed by atoms with Gasteiger partial charge in [0.15, 0.2) is 0 Å². The summed E-state index contributed by atoms with van der Waals surface area (Å²) in [7, 11) is 0. The fourth-order valence-corrected chi connectivity index (χ4v) is 3.03. The van der Waals surface area contributed by atoms with Crippen LogP contribution in [0.4, 0.5) is 0 Å². The van der Waals surface area contributed by atoms with E-state index in [4.69, 9.17) is 9.47 Å². The molecule has 4 rings (SSSR count). The topological polar surface area (TPSA) is 93.1 Å². The number of aromatic hydroxyl groups is 2.